The minimum Gasteiger partial charge on any atom is -0.383 e. The summed E-state index contributed by atoms with van der Waals surface area (Å²) in [5.74, 6) is 0.262. The highest BCUT2D eigenvalue weighted by Crippen LogP contribution is 2.23. The predicted octanol–water partition coefficient (Wildman–Crippen LogP) is 3.30. The molecular weight excluding hydrogens is 274 g/mol. The van der Waals surface area contributed by atoms with Gasteiger partial charge < -0.3 is 5.73 Å². The largest absolute Gasteiger partial charge is 0.383 e. The third kappa shape index (κ3) is 2.29. The van der Waals surface area contributed by atoms with Crippen LogP contribution in [-0.2, 0) is 0 Å². The number of aryl methyl sites for hydroxylation is 2. The van der Waals surface area contributed by atoms with E-state index in [0.29, 0.717) is 16.9 Å². The van der Waals surface area contributed by atoms with Crippen LogP contribution in [-0.4, -0.2) is 15.6 Å². The van der Waals surface area contributed by atoms with Gasteiger partial charge in [0.15, 0.2) is 5.78 Å². The quantitative estimate of drug-likeness (QED) is 0.753. The number of rotatable bonds is 3. The molecule has 0 radical (unpaired) electrons. The summed E-state index contributed by atoms with van der Waals surface area (Å²) in [6.07, 6.45) is 1.54. The first kappa shape index (κ1) is 14.1. The molecule has 0 spiro atoms. The molecule has 0 unspecified atom stereocenters. The molecule has 0 fully saturated rings. The molecule has 0 amide bonds. The molecule has 0 atom stereocenters. The first-order chi connectivity index (χ1) is 10.6. The maximum atomic E-state index is 12.7. The molecule has 0 aliphatic rings. The molecule has 2 N–H and O–H groups in total. The summed E-state index contributed by atoms with van der Waals surface area (Å²) in [7, 11) is 0. The van der Waals surface area contributed by atoms with E-state index >= 15 is 0 Å². The van der Waals surface area contributed by atoms with Crippen molar-refractivity contribution in [3.05, 3.63) is 77.0 Å². The van der Waals surface area contributed by atoms with Gasteiger partial charge in [0.1, 0.15) is 5.82 Å². The van der Waals surface area contributed by atoms with Crippen molar-refractivity contribution in [1.29, 1.82) is 0 Å². The van der Waals surface area contributed by atoms with E-state index in [1.54, 1.807) is 4.68 Å². The Morgan fingerprint density at radius 1 is 0.955 bits per heavy atom. The van der Waals surface area contributed by atoms with Crippen LogP contribution in [0.4, 0.5) is 5.82 Å². The van der Waals surface area contributed by atoms with E-state index in [-0.39, 0.29) is 5.78 Å². The van der Waals surface area contributed by atoms with Crippen LogP contribution in [0, 0.1) is 13.8 Å². The molecule has 1 heterocycles. The minimum absolute atomic E-state index is 0.101. The Hall–Kier alpha value is -2.88. The number of carbonyl (C=O) groups is 1. The molecule has 0 aliphatic carbocycles. The average molecular weight is 291 g/mol. The Bertz CT molecular complexity index is 849. The first-order valence-electron chi connectivity index (χ1n) is 7.09. The Morgan fingerprint density at radius 2 is 1.59 bits per heavy atom. The van der Waals surface area contributed by atoms with Gasteiger partial charge in [-0.3, -0.25) is 4.79 Å². The highest BCUT2D eigenvalue weighted by atomic mass is 16.1. The normalized spacial score (nSPS) is 10.6. The zero-order valence-corrected chi connectivity index (χ0v) is 12.6. The number of nitrogens with two attached hydrogens (primary N) is 1. The second-order valence-corrected chi connectivity index (χ2v) is 5.29. The number of aromatic nitrogens is 2. The van der Waals surface area contributed by atoms with Gasteiger partial charge in [0.25, 0.3) is 0 Å². The van der Waals surface area contributed by atoms with Gasteiger partial charge in [0, 0.05) is 5.56 Å². The van der Waals surface area contributed by atoms with Crippen molar-refractivity contribution in [2.75, 3.05) is 5.73 Å². The van der Waals surface area contributed by atoms with Crippen LogP contribution >= 0.6 is 0 Å². The van der Waals surface area contributed by atoms with E-state index in [1.165, 1.54) is 6.20 Å². The van der Waals surface area contributed by atoms with Gasteiger partial charge in [0.05, 0.1) is 17.4 Å². The molecular formula is C18H17N3O. The van der Waals surface area contributed by atoms with Gasteiger partial charge in [0.2, 0.25) is 0 Å². The number of nitrogen functional groups attached to an aromatic ring is 1. The fraction of sp³-hybridized carbons (Fsp3) is 0.111. The van der Waals surface area contributed by atoms with Crippen LogP contribution in [0.15, 0.2) is 54.7 Å². The van der Waals surface area contributed by atoms with Crippen molar-refractivity contribution in [2.24, 2.45) is 0 Å². The highest BCUT2D eigenvalue weighted by Gasteiger charge is 2.19. The van der Waals surface area contributed by atoms with E-state index in [2.05, 4.69) is 5.10 Å². The molecule has 22 heavy (non-hydrogen) atoms. The van der Waals surface area contributed by atoms with Crippen molar-refractivity contribution in [3.8, 4) is 5.69 Å². The van der Waals surface area contributed by atoms with Gasteiger partial charge in [-0.25, -0.2) is 4.68 Å². The molecule has 0 saturated heterocycles. The Morgan fingerprint density at radius 3 is 2.27 bits per heavy atom. The highest BCUT2D eigenvalue weighted by molar-refractivity contribution is 6.12. The summed E-state index contributed by atoms with van der Waals surface area (Å²) >= 11 is 0. The number of benzene rings is 2. The number of anilines is 1. The lowest BCUT2D eigenvalue weighted by Gasteiger charge is -2.08. The molecule has 110 valence electrons. The number of hydrogen-bond donors (Lipinski definition) is 1. The van der Waals surface area contributed by atoms with Gasteiger partial charge in [-0.1, -0.05) is 42.5 Å². The van der Waals surface area contributed by atoms with Crippen molar-refractivity contribution in [2.45, 2.75) is 13.8 Å². The third-order valence-corrected chi connectivity index (χ3v) is 3.78. The molecule has 4 nitrogen and oxygen atoms in total. The van der Waals surface area contributed by atoms with Crippen molar-refractivity contribution >= 4 is 11.6 Å². The van der Waals surface area contributed by atoms with Crippen LogP contribution in [0.3, 0.4) is 0 Å². The lowest BCUT2D eigenvalue weighted by Crippen LogP contribution is -2.09. The lowest BCUT2D eigenvalue weighted by molar-refractivity contribution is 0.103. The summed E-state index contributed by atoms with van der Waals surface area (Å²) in [6.45, 7) is 3.90. The standard InChI is InChI=1S/C18H17N3O/c1-12-7-3-5-9-14(12)17(22)15-11-20-21(18(15)19)16-10-6-4-8-13(16)2/h3-11H,19H2,1-2H3. The summed E-state index contributed by atoms with van der Waals surface area (Å²) in [5.41, 5.74) is 10.1. The molecule has 0 aliphatic heterocycles. The summed E-state index contributed by atoms with van der Waals surface area (Å²) in [6, 6.07) is 15.3. The summed E-state index contributed by atoms with van der Waals surface area (Å²) in [4.78, 5) is 12.7. The predicted molar refractivity (Wildman–Crippen MR) is 87.3 cm³/mol. The van der Waals surface area contributed by atoms with Crippen LogP contribution in [0.2, 0.25) is 0 Å². The molecule has 4 heteroatoms. The SMILES string of the molecule is Cc1ccccc1C(=O)c1cnn(-c2ccccc2C)c1N. The van der Waals surface area contributed by atoms with E-state index in [9.17, 15) is 4.79 Å². The molecule has 3 rings (SSSR count). The van der Waals surface area contributed by atoms with Crippen LogP contribution in [0.1, 0.15) is 27.0 Å². The average Bonchev–Trinajstić information content (AvgIpc) is 2.89. The second kappa shape index (κ2) is 5.48. The number of nitrogens with zero attached hydrogens (tertiary/aromatic N) is 2. The van der Waals surface area contributed by atoms with Crippen molar-refractivity contribution in [1.82, 2.24) is 9.78 Å². The lowest BCUT2D eigenvalue weighted by atomic mass is 10.0. The van der Waals surface area contributed by atoms with E-state index in [0.717, 1.165) is 16.8 Å². The molecule has 0 bridgehead atoms. The van der Waals surface area contributed by atoms with Gasteiger partial charge in [-0.15, -0.1) is 0 Å². The second-order valence-electron chi connectivity index (χ2n) is 5.29. The monoisotopic (exact) mass is 291 g/mol. The number of ketones is 1. The zero-order chi connectivity index (χ0) is 15.7. The van der Waals surface area contributed by atoms with Gasteiger partial charge in [-0.05, 0) is 31.0 Å². The number of hydrogen-bond acceptors (Lipinski definition) is 3. The number of carbonyl (C=O) groups excluding carboxylic acids is 1. The van der Waals surface area contributed by atoms with Crippen LogP contribution in [0.5, 0.6) is 0 Å². The molecule has 1 aromatic heterocycles. The zero-order valence-electron chi connectivity index (χ0n) is 12.6. The van der Waals surface area contributed by atoms with Crippen molar-refractivity contribution in [3.63, 3.8) is 0 Å². The smallest absolute Gasteiger partial charge is 0.198 e. The third-order valence-electron chi connectivity index (χ3n) is 3.78. The Balaban J connectivity index is 2.07. The fourth-order valence-corrected chi connectivity index (χ4v) is 2.50. The topological polar surface area (TPSA) is 60.9 Å². The maximum absolute atomic E-state index is 12.7. The molecule has 0 saturated carbocycles. The number of para-hydroxylation sites is 1. The molecule has 2 aromatic carbocycles. The van der Waals surface area contributed by atoms with E-state index in [1.807, 2.05) is 62.4 Å². The summed E-state index contributed by atoms with van der Waals surface area (Å²) in [5, 5.41) is 4.29. The minimum atomic E-state index is -0.101. The van der Waals surface area contributed by atoms with E-state index < -0.39 is 0 Å². The Labute approximate surface area is 129 Å². The van der Waals surface area contributed by atoms with Crippen molar-refractivity contribution < 1.29 is 4.79 Å². The maximum Gasteiger partial charge on any atom is 0.198 e. The van der Waals surface area contributed by atoms with Gasteiger partial charge >= 0.3 is 0 Å². The van der Waals surface area contributed by atoms with Gasteiger partial charge in [-0.2, -0.15) is 5.10 Å². The summed E-state index contributed by atoms with van der Waals surface area (Å²) < 4.78 is 1.61. The fourth-order valence-electron chi connectivity index (χ4n) is 2.50. The van der Waals surface area contributed by atoms with Crippen LogP contribution < -0.4 is 5.73 Å². The first-order valence-corrected chi connectivity index (χ1v) is 7.09. The molecule has 3 aromatic rings. The van der Waals surface area contributed by atoms with Crippen LogP contribution in [0.25, 0.3) is 5.69 Å². The van der Waals surface area contributed by atoms with E-state index in [4.69, 9.17) is 5.73 Å². The Kier molecular flexibility index (Phi) is 3.51.